The van der Waals surface area contributed by atoms with E-state index >= 15 is 0 Å². The van der Waals surface area contributed by atoms with Crippen LogP contribution in [0.4, 0.5) is 5.95 Å². The molecule has 1 aromatic carbocycles. The first-order valence-electron chi connectivity index (χ1n) is 9.53. The molecule has 4 rings (SSSR count). The van der Waals surface area contributed by atoms with Crippen LogP contribution in [0.2, 0.25) is 0 Å². The molecular formula is C19H25N5OS. The third-order valence-corrected chi connectivity index (χ3v) is 6.21. The maximum atomic E-state index is 12.4. The molecule has 2 aromatic rings. The van der Waals surface area contributed by atoms with Gasteiger partial charge < -0.3 is 10.2 Å². The number of thioether (sulfide) groups is 1. The molecule has 2 saturated heterocycles. The van der Waals surface area contributed by atoms with Gasteiger partial charge in [0.1, 0.15) is 0 Å². The second-order valence-electron chi connectivity index (χ2n) is 6.89. The maximum Gasteiger partial charge on any atom is 0.233 e. The van der Waals surface area contributed by atoms with Crippen LogP contribution in [-0.4, -0.2) is 45.6 Å². The number of benzene rings is 1. The van der Waals surface area contributed by atoms with E-state index in [0.717, 1.165) is 55.7 Å². The number of nitrogens with zero attached hydrogens (tertiary/aromatic N) is 4. The second-order valence-corrected chi connectivity index (χ2v) is 8.06. The van der Waals surface area contributed by atoms with Crippen LogP contribution < -0.4 is 10.2 Å². The molecule has 0 aliphatic carbocycles. The molecule has 1 atom stereocenters. The van der Waals surface area contributed by atoms with Crippen molar-refractivity contribution in [2.75, 3.05) is 24.5 Å². The van der Waals surface area contributed by atoms with E-state index in [2.05, 4.69) is 37.1 Å². The van der Waals surface area contributed by atoms with Crippen LogP contribution in [0, 0.1) is 0 Å². The van der Waals surface area contributed by atoms with Crippen LogP contribution in [0.3, 0.4) is 0 Å². The molecule has 0 saturated carbocycles. The molecule has 0 bridgehead atoms. The van der Waals surface area contributed by atoms with Crippen molar-refractivity contribution < 1.29 is 4.79 Å². The van der Waals surface area contributed by atoms with Gasteiger partial charge in [-0.2, -0.15) is 0 Å². The van der Waals surface area contributed by atoms with Crippen molar-refractivity contribution in [1.29, 1.82) is 0 Å². The summed E-state index contributed by atoms with van der Waals surface area (Å²) in [6.45, 7) is 2.80. The van der Waals surface area contributed by atoms with Crippen molar-refractivity contribution in [2.45, 2.75) is 48.9 Å². The van der Waals surface area contributed by atoms with E-state index < -0.39 is 0 Å². The summed E-state index contributed by atoms with van der Waals surface area (Å²) in [6, 6.07) is 10.2. The summed E-state index contributed by atoms with van der Waals surface area (Å²) in [5.41, 5.74) is 1.05. The number of nitrogens with one attached hydrogen (secondary N) is 1. The lowest BCUT2D eigenvalue weighted by atomic mass is 10.1. The van der Waals surface area contributed by atoms with Crippen molar-refractivity contribution in [1.82, 2.24) is 20.1 Å². The van der Waals surface area contributed by atoms with Crippen LogP contribution in [0.25, 0.3) is 5.69 Å². The number of piperidine rings is 1. The van der Waals surface area contributed by atoms with Gasteiger partial charge in [-0.1, -0.05) is 36.4 Å². The average molecular weight is 372 g/mol. The minimum atomic E-state index is -0.0987. The van der Waals surface area contributed by atoms with Crippen LogP contribution in [-0.2, 0) is 4.79 Å². The van der Waals surface area contributed by atoms with Gasteiger partial charge in [0.15, 0.2) is 5.16 Å². The Labute approximate surface area is 158 Å². The van der Waals surface area contributed by atoms with Gasteiger partial charge in [-0.15, -0.1) is 10.2 Å². The molecule has 138 valence electrons. The fourth-order valence-electron chi connectivity index (χ4n) is 3.59. The predicted molar refractivity (Wildman–Crippen MR) is 104 cm³/mol. The fraction of sp³-hybridized carbons (Fsp3) is 0.526. The Kier molecular flexibility index (Phi) is 5.43. The average Bonchev–Trinajstić information content (AvgIpc) is 3.00. The molecule has 2 fully saturated rings. The zero-order valence-corrected chi connectivity index (χ0v) is 15.7. The first kappa shape index (κ1) is 17.4. The van der Waals surface area contributed by atoms with Crippen LogP contribution in [0.15, 0.2) is 35.5 Å². The Hall–Kier alpha value is -2.02. The lowest BCUT2D eigenvalue weighted by Crippen LogP contribution is -2.32. The molecule has 26 heavy (non-hydrogen) atoms. The largest absolute Gasteiger partial charge is 0.355 e. The number of carbonyl (C=O) groups is 1. The highest BCUT2D eigenvalue weighted by molar-refractivity contribution is 8.00. The van der Waals surface area contributed by atoms with Gasteiger partial charge in [-0.05, 0) is 44.2 Å². The standard InChI is InChI=1S/C19H25N5OS/c25-17-16(11-5-6-12-20-17)26-19-22-21-18(23-13-7-2-8-14-23)24(19)15-9-3-1-4-10-15/h1,3-4,9-10,16H,2,5-8,11-14H2,(H,20,25). The number of carbonyl (C=O) groups excluding carboxylic acids is 1. The third kappa shape index (κ3) is 3.72. The van der Waals surface area contributed by atoms with Gasteiger partial charge >= 0.3 is 0 Å². The Balaban J connectivity index is 1.67. The van der Waals surface area contributed by atoms with Crippen LogP contribution in [0.5, 0.6) is 0 Å². The summed E-state index contributed by atoms with van der Waals surface area (Å²) >= 11 is 1.54. The summed E-state index contributed by atoms with van der Waals surface area (Å²) < 4.78 is 2.12. The third-order valence-electron chi connectivity index (χ3n) is 5.00. The fourth-order valence-corrected chi connectivity index (χ4v) is 4.70. The van der Waals surface area contributed by atoms with E-state index in [1.807, 2.05) is 18.2 Å². The predicted octanol–water partition coefficient (Wildman–Crippen LogP) is 3.02. The Bertz CT molecular complexity index is 742. The second kappa shape index (κ2) is 8.12. The number of aromatic nitrogens is 3. The Morgan fingerprint density at radius 2 is 1.81 bits per heavy atom. The highest BCUT2D eigenvalue weighted by atomic mass is 32.2. The van der Waals surface area contributed by atoms with E-state index in [9.17, 15) is 4.79 Å². The highest BCUT2D eigenvalue weighted by Crippen LogP contribution is 2.32. The van der Waals surface area contributed by atoms with E-state index in [4.69, 9.17) is 0 Å². The lowest BCUT2D eigenvalue weighted by molar-refractivity contribution is -0.120. The molecule has 1 N–H and O–H groups in total. The number of para-hydroxylation sites is 1. The smallest absolute Gasteiger partial charge is 0.233 e. The van der Waals surface area contributed by atoms with Crippen molar-refractivity contribution in [2.24, 2.45) is 0 Å². The SMILES string of the molecule is O=C1NCCCCC1Sc1nnc(N2CCCCC2)n1-c1ccccc1. The monoisotopic (exact) mass is 371 g/mol. The number of rotatable bonds is 4. The minimum Gasteiger partial charge on any atom is -0.355 e. The summed E-state index contributed by atoms with van der Waals surface area (Å²) in [5, 5.41) is 12.7. The molecular weight excluding hydrogens is 346 g/mol. The van der Waals surface area contributed by atoms with Gasteiger partial charge in [0.05, 0.1) is 10.9 Å². The van der Waals surface area contributed by atoms with E-state index in [-0.39, 0.29) is 11.2 Å². The van der Waals surface area contributed by atoms with Crippen LogP contribution >= 0.6 is 11.8 Å². The molecule has 0 spiro atoms. The Morgan fingerprint density at radius 3 is 2.62 bits per heavy atom. The van der Waals surface area contributed by atoms with E-state index in [0.29, 0.717) is 0 Å². The quantitative estimate of drug-likeness (QED) is 0.895. The molecule has 7 heteroatoms. The first-order chi connectivity index (χ1) is 12.8. The lowest BCUT2D eigenvalue weighted by Gasteiger charge is -2.28. The topological polar surface area (TPSA) is 63.1 Å². The molecule has 0 radical (unpaired) electrons. The van der Waals surface area contributed by atoms with Gasteiger partial charge in [0.2, 0.25) is 11.9 Å². The molecule has 2 aliphatic heterocycles. The van der Waals surface area contributed by atoms with Crippen LogP contribution in [0.1, 0.15) is 38.5 Å². The first-order valence-corrected chi connectivity index (χ1v) is 10.4. The number of hydrogen-bond donors (Lipinski definition) is 1. The summed E-state index contributed by atoms with van der Waals surface area (Å²) in [5.74, 6) is 1.02. The summed E-state index contributed by atoms with van der Waals surface area (Å²) in [7, 11) is 0. The van der Waals surface area contributed by atoms with E-state index in [1.165, 1.54) is 19.3 Å². The zero-order valence-electron chi connectivity index (χ0n) is 14.9. The van der Waals surface area contributed by atoms with Gasteiger partial charge in [-0.3, -0.25) is 9.36 Å². The molecule has 1 aromatic heterocycles. The molecule has 3 heterocycles. The molecule has 1 amide bonds. The van der Waals surface area contributed by atoms with Crippen molar-refractivity contribution in [3.05, 3.63) is 30.3 Å². The van der Waals surface area contributed by atoms with Crippen molar-refractivity contribution in [3.8, 4) is 5.69 Å². The molecule has 6 nitrogen and oxygen atoms in total. The van der Waals surface area contributed by atoms with Gasteiger partial charge in [-0.25, -0.2) is 0 Å². The van der Waals surface area contributed by atoms with Gasteiger partial charge in [0, 0.05) is 19.6 Å². The number of amides is 1. The number of anilines is 1. The Morgan fingerprint density at radius 1 is 1.00 bits per heavy atom. The van der Waals surface area contributed by atoms with E-state index in [1.54, 1.807) is 11.8 Å². The summed E-state index contributed by atoms with van der Waals surface area (Å²) in [4.78, 5) is 14.7. The minimum absolute atomic E-state index is 0.0987. The van der Waals surface area contributed by atoms with Crippen molar-refractivity contribution in [3.63, 3.8) is 0 Å². The normalized spacial score (nSPS) is 21.3. The highest BCUT2D eigenvalue weighted by Gasteiger charge is 2.27. The van der Waals surface area contributed by atoms with Gasteiger partial charge in [0.25, 0.3) is 0 Å². The molecule has 2 aliphatic rings. The zero-order chi connectivity index (χ0) is 17.8. The number of hydrogen-bond acceptors (Lipinski definition) is 5. The summed E-state index contributed by atoms with van der Waals surface area (Å²) in [6.07, 6.45) is 6.66. The molecule has 1 unspecified atom stereocenters. The van der Waals surface area contributed by atoms with Crippen molar-refractivity contribution >= 4 is 23.6 Å². The maximum absolute atomic E-state index is 12.4.